The molecule has 0 radical (unpaired) electrons. The van der Waals surface area contributed by atoms with Crippen LogP contribution in [-0.4, -0.2) is 34.7 Å². The zero-order valence-electron chi connectivity index (χ0n) is 21.4. The number of hydrogen-bond acceptors (Lipinski definition) is 3. The van der Waals surface area contributed by atoms with Gasteiger partial charge in [-0.2, -0.15) is 0 Å². The average Bonchev–Trinajstić information content (AvgIpc) is 3.58. The van der Waals surface area contributed by atoms with Crippen LogP contribution < -0.4 is 0 Å². The molecule has 190 valence electrons. The van der Waals surface area contributed by atoms with Crippen molar-refractivity contribution in [1.29, 1.82) is 0 Å². The highest BCUT2D eigenvalue weighted by molar-refractivity contribution is 7.09. The van der Waals surface area contributed by atoms with E-state index < -0.39 is 0 Å². The van der Waals surface area contributed by atoms with E-state index in [4.69, 9.17) is 0 Å². The van der Waals surface area contributed by atoms with E-state index in [0.717, 1.165) is 29.7 Å². The molecule has 2 amide bonds. The van der Waals surface area contributed by atoms with Gasteiger partial charge in [-0.25, -0.2) is 0 Å². The van der Waals surface area contributed by atoms with Crippen molar-refractivity contribution >= 4 is 23.2 Å². The summed E-state index contributed by atoms with van der Waals surface area (Å²) in [5, 5.41) is 2.04. The van der Waals surface area contributed by atoms with Gasteiger partial charge in [0.15, 0.2) is 0 Å². The van der Waals surface area contributed by atoms with Crippen LogP contribution in [0.4, 0.5) is 0 Å². The molecule has 5 heteroatoms. The smallest absolute Gasteiger partial charge is 0.254 e. The fourth-order valence-electron chi connectivity index (χ4n) is 4.47. The van der Waals surface area contributed by atoms with Crippen molar-refractivity contribution in [2.24, 2.45) is 5.92 Å². The van der Waals surface area contributed by atoms with Crippen molar-refractivity contribution < 1.29 is 9.59 Å². The Hall–Kier alpha value is -2.92. The lowest BCUT2D eigenvalue weighted by molar-refractivity contribution is -0.133. The lowest BCUT2D eigenvalue weighted by atomic mass is 10.0. The molecule has 0 unspecified atom stereocenters. The number of thiophene rings is 1. The third kappa shape index (κ3) is 8.06. The van der Waals surface area contributed by atoms with Crippen molar-refractivity contribution in [3.05, 3.63) is 93.7 Å². The van der Waals surface area contributed by atoms with E-state index >= 15 is 0 Å². The Labute approximate surface area is 219 Å². The highest BCUT2D eigenvalue weighted by Crippen LogP contribution is 2.30. The molecule has 4 rings (SSSR count). The fraction of sp³-hybridized carbons (Fsp3) is 0.419. The lowest BCUT2D eigenvalue weighted by Gasteiger charge is -2.28. The maximum Gasteiger partial charge on any atom is 0.254 e. The predicted octanol–water partition coefficient (Wildman–Crippen LogP) is 6.95. The molecule has 1 aromatic heterocycles. The summed E-state index contributed by atoms with van der Waals surface area (Å²) < 4.78 is 0. The van der Waals surface area contributed by atoms with Crippen LogP contribution in [0.3, 0.4) is 0 Å². The van der Waals surface area contributed by atoms with Gasteiger partial charge in [-0.05, 0) is 66.3 Å². The number of benzene rings is 2. The molecule has 4 nitrogen and oxygen atoms in total. The topological polar surface area (TPSA) is 40.6 Å². The summed E-state index contributed by atoms with van der Waals surface area (Å²) in [6.07, 6.45) is 8.27. The number of carbonyl (C=O) groups is 2. The molecule has 1 aliphatic carbocycles. The second-order valence-corrected chi connectivity index (χ2v) is 11.0. The summed E-state index contributed by atoms with van der Waals surface area (Å²) in [5.41, 5.74) is 3.04. The number of carbonyl (C=O) groups excluding carboxylic acids is 2. The summed E-state index contributed by atoms with van der Waals surface area (Å²) in [6.45, 7) is 4.09. The summed E-state index contributed by atoms with van der Waals surface area (Å²) in [5.74, 6) is 0.469. The lowest BCUT2D eigenvalue weighted by Crippen LogP contribution is -2.43. The standard InChI is InChI=1S/C31H38N2O2S/c1-2-3-4-6-10-25-16-18-28(19-17-25)31(35)33(22-27-14-15-27)24-30(34)32(23-29-13-9-20-36-29)21-26-11-7-5-8-12-26/h5,7-9,11-13,16-20,27H,2-4,6,10,14-15,21-24H2,1H3. The van der Waals surface area contributed by atoms with Crippen molar-refractivity contribution in [2.45, 2.75) is 65.0 Å². The van der Waals surface area contributed by atoms with Crippen molar-refractivity contribution in [3.63, 3.8) is 0 Å². The van der Waals surface area contributed by atoms with Crippen molar-refractivity contribution in [3.8, 4) is 0 Å². The second kappa shape index (κ2) is 13.4. The van der Waals surface area contributed by atoms with E-state index in [1.165, 1.54) is 31.2 Å². The Morgan fingerprint density at radius 2 is 1.61 bits per heavy atom. The van der Waals surface area contributed by atoms with Crippen LogP contribution in [0.5, 0.6) is 0 Å². The summed E-state index contributed by atoms with van der Waals surface area (Å²) >= 11 is 1.66. The minimum Gasteiger partial charge on any atom is -0.332 e. The highest BCUT2D eigenvalue weighted by atomic mass is 32.1. The number of rotatable bonds is 14. The zero-order valence-corrected chi connectivity index (χ0v) is 22.2. The number of nitrogens with zero attached hydrogens (tertiary/aromatic N) is 2. The van der Waals surface area contributed by atoms with Gasteiger partial charge in [0.1, 0.15) is 6.54 Å². The minimum atomic E-state index is -0.0384. The molecule has 3 aromatic rings. The van der Waals surface area contributed by atoms with Gasteiger partial charge in [0, 0.05) is 23.5 Å². The summed E-state index contributed by atoms with van der Waals surface area (Å²) in [6, 6.07) is 22.2. The van der Waals surface area contributed by atoms with Crippen LogP contribution in [0.25, 0.3) is 0 Å². The molecule has 1 fully saturated rings. The van der Waals surface area contributed by atoms with Gasteiger partial charge in [-0.15, -0.1) is 11.3 Å². The van der Waals surface area contributed by atoms with Crippen molar-refractivity contribution in [1.82, 2.24) is 9.80 Å². The van der Waals surface area contributed by atoms with E-state index in [0.29, 0.717) is 31.1 Å². The maximum absolute atomic E-state index is 13.6. The number of amides is 2. The van der Waals surface area contributed by atoms with Crippen LogP contribution in [-0.2, 0) is 24.3 Å². The van der Waals surface area contributed by atoms with E-state index in [1.807, 2.05) is 58.8 Å². The molecule has 0 aliphatic heterocycles. The first kappa shape index (κ1) is 26.2. The van der Waals surface area contributed by atoms with Crippen LogP contribution in [0.1, 0.15) is 71.8 Å². The van der Waals surface area contributed by atoms with Gasteiger partial charge in [0.2, 0.25) is 5.91 Å². The number of aryl methyl sites for hydroxylation is 1. The molecule has 0 atom stereocenters. The zero-order chi connectivity index (χ0) is 25.2. The first-order valence-corrected chi connectivity index (χ1v) is 14.2. The van der Waals surface area contributed by atoms with Crippen LogP contribution in [0, 0.1) is 5.92 Å². The Balaban J connectivity index is 1.44. The van der Waals surface area contributed by atoms with Gasteiger partial charge in [-0.1, -0.05) is 74.7 Å². The third-order valence-corrected chi connectivity index (χ3v) is 7.67. The van der Waals surface area contributed by atoms with Crippen LogP contribution in [0.2, 0.25) is 0 Å². The third-order valence-electron chi connectivity index (χ3n) is 6.80. The Kier molecular flexibility index (Phi) is 9.74. The number of hydrogen-bond donors (Lipinski definition) is 0. The van der Waals surface area contributed by atoms with Gasteiger partial charge >= 0.3 is 0 Å². The highest BCUT2D eigenvalue weighted by Gasteiger charge is 2.30. The van der Waals surface area contributed by atoms with Crippen LogP contribution >= 0.6 is 11.3 Å². The SMILES string of the molecule is CCCCCCc1ccc(C(=O)N(CC(=O)N(Cc2ccccc2)Cc2cccs2)CC2CC2)cc1. The van der Waals surface area contributed by atoms with Gasteiger partial charge in [0.25, 0.3) is 5.91 Å². The monoisotopic (exact) mass is 502 g/mol. The molecule has 0 saturated heterocycles. The van der Waals surface area contributed by atoms with Crippen LogP contribution in [0.15, 0.2) is 72.1 Å². The second-order valence-electron chi connectivity index (χ2n) is 9.95. The molecule has 2 aromatic carbocycles. The summed E-state index contributed by atoms with van der Waals surface area (Å²) in [7, 11) is 0. The average molecular weight is 503 g/mol. The molecular weight excluding hydrogens is 464 g/mol. The molecule has 0 N–H and O–H groups in total. The fourth-order valence-corrected chi connectivity index (χ4v) is 5.19. The molecule has 1 saturated carbocycles. The predicted molar refractivity (Wildman–Crippen MR) is 148 cm³/mol. The molecule has 1 heterocycles. The van der Waals surface area contributed by atoms with Crippen molar-refractivity contribution in [2.75, 3.05) is 13.1 Å². The molecule has 0 bridgehead atoms. The molecule has 0 spiro atoms. The Morgan fingerprint density at radius 1 is 0.833 bits per heavy atom. The Bertz CT molecular complexity index is 1080. The normalized spacial score (nSPS) is 12.9. The largest absolute Gasteiger partial charge is 0.332 e. The van der Waals surface area contributed by atoms with Gasteiger partial charge in [0.05, 0.1) is 6.54 Å². The van der Waals surface area contributed by atoms with Gasteiger partial charge < -0.3 is 9.80 Å². The summed E-state index contributed by atoms with van der Waals surface area (Å²) in [4.78, 5) is 31.9. The first-order chi connectivity index (χ1) is 17.6. The molecule has 36 heavy (non-hydrogen) atoms. The first-order valence-electron chi connectivity index (χ1n) is 13.3. The minimum absolute atomic E-state index is 0.00574. The maximum atomic E-state index is 13.6. The van der Waals surface area contributed by atoms with E-state index in [1.54, 1.807) is 16.2 Å². The Morgan fingerprint density at radius 3 is 2.28 bits per heavy atom. The molecule has 1 aliphatic rings. The van der Waals surface area contributed by atoms with E-state index in [-0.39, 0.29) is 18.4 Å². The van der Waals surface area contributed by atoms with E-state index in [9.17, 15) is 9.59 Å². The quantitative estimate of drug-likeness (QED) is 0.224. The van der Waals surface area contributed by atoms with Gasteiger partial charge in [-0.3, -0.25) is 9.59 Å². The molecular formula is C31H38N2O2S. The number of unbranched alkanes of at least 4 members (excludes halogenated alkanes) is 3. The van der Waals surface area contributed by atoms with E-state index in [2.05, 4.69) is 25.1 Å².